The molecule has 0 aromatic rings. The fraction of sp³-hybridized carbons (Fsp3) is 0.923. The summed E-state index contributed by atoms with van der Waals surface area (Å²) in [6.45, 7) is 6.13. The lowest BCUT2D eigenvalue weighted by Crippen LogP contribution is -2.72. The van der Waals surface area contributed by atoms with E-state index in [0.717, 1.165) is 0 Å². The monoisotopic (exact) mass is 292 g/mol. The molecule has 1 amide bonds. The Bertz CT molecular complexity index is 388. The highest BCUT2D eigenvalue weighted by Crippen LogP contribution is 2.47. The molecule has 0 bridgehead atoms. The quantitative estimate of drug-likeness (QED) is 0.799. The largest absolute Gasteiger partial charge is 0.444 e. The van der Waals surface area contributed by atoms with Crippen molar-refractivity contribution in [3.63, 3.8) is 0 Å². The molecule has 1 saturated heterocycles. The van der Waals surface area contributed by atoms with E-state index < -0.39 is 42.0 Å². The van der Waals surface area contributed by atoms with Gasteiger partial charge in [-0.05, 0) is 20.8 Å². The zero-order valence-electron chi connectivity index (χ0n) is 12.1. The molecular weight excluding hydrogens is 270 g/mol. The van der Waals surface area contributed by atoms with Gasteiger partial charge < -0.3 is 15.2 Å². The number of hydrogen-bond donors (Lipinski definition) is 1. The maximum Gasteiger partial charge on any atom is 0.410 e. The van der Waals surface area contributed by atoms with E-state index in [1.165, 1.54) is 4.90 Å². The first-order valence-corrected chi connectivity index (χ1v) is 6.77. The van der Waals surface area contributed by atoms with Crippen LogP contribution in [0, 0.1) is 0 Å². The van der Waals surface area contributed by atoms with E-state index in [-0.39, 0.29) is 6.61 Å². The summed E-state index contributed by atoms with van der Waals surface area (Å²) in [6.07, 6.45) is -1.37. The van der Waals surface area contributed by atoms with Gasteiger partial charge >= 0.3 is 6.09 Å². The van der Waals surface area contributed by atoms with Crippen LogP contribution in [-0.4, -0.2) is 53.9 Å². The average molecular weight is 292 g/mol. The number of nitrogens with zero attached hydrogens (tertiary/aromatic N) is 1. The number of morpholine rings is 1. The van der Waals surface area contributed by atoms with E-state index in [1.807, 2.05) is 0 Å². The number of halogens is 2. The van der Waals surface area contributed by atoms with Gasteiger partial charge in [0, 0.05) is 19.4 Å². The van der Waals surface area contributed by atoms with E-state index >= 15 is 0 Å². The minimum Gasteiger partial charge on any atom is -0.444 e. The topological polar surface area (TPSA) is 64.8 Å². The molecule has 0 aromatic carbocycles. The van der Waals surface area contributed by atoms with Crippen LogP contribution in [0.2, 0.25) is 0 Å². The van der Waals surface area contributed by atoms with Crippen molar-refractivity contribution in [3.05, 3.63) is 0 Å². The summed E-state index contributed by atoms with van der Waals surface area (Å²) in [7, 11) is 0. The lowest BCUT2D eigenvalue weighted by atomic mass is 9.69. The molecule has 2 rings (SSSR count). The molecule has 2 aliphatic rings. The molecule has 1 unspecified atom stereocenters. The molecule has 1 saturated carbocycles. The van der Waals surface area contributed by atoms with Gasteiger partial charge in [0.2, 0.25) is 0 Å². The smallest absolute Gasteiger partial charge is 0.410 e. The molecule has 116 valence electrons. The van der Waals surface area contributed by atoms with Crippen LogP contribution in [0.3, 0.4) is 0 Å². The third kappa shape index (κ3) is 3.20. The van der Waals surface area contributed by atoms with Crippen molar-refractivity contribution in [2.75, 3.05) is 19.8 Å². The average Bonchev–Trinajstić information content (AvgIpc) is 2.24. The number of amides is 1. The summed E-state index contributed by atoms with van der Waals surface area (Å²) < 4.78 is 36.9. The second-order valence-electron chi connectivity index (χ2n) is 6.71. The first-order chi connectivity index (χ1) is 9.03. The van der Waals surface area contributed by atoms with Crippen molar-refractivity contribution in [2.24, 2.45) is 5.73 Å². The van der Waals surface area contributed by atoms with Crippen molar-refractivity contribution < 1.29 is 23.0 Å². The fourth-order valence-electron chi connectivity index (χ4n) is 2.77. The van der Waals surface area contributed by atoms with Crippen LogP contribution in [0.25, 0.3) is 0 Å². The Labute approximate surface area is 117 Å². The van der Waals surface area contributed by atoms with Crippen LogP contribution < -0.4 is 5.73 Å². The Morgan fingerprint density at radius 2 is 2.00 bits per heavy atom. The predicted molar refractivity (Wildman–Crippen MR) is 68.6 cm³/mol. The van der Waals surface area contributed by atoms with Crippen LogP contribution in [0.5, 0.6) is 0 Å². The Hall–Kier alpha value is -0.950. The molecule has 5 nitrogen and oxygen atoms in total. The Kier molecular flexibility index (Phi) is 3.71. The number of carbonyl (C=O) groups excluding carboxylic acids is 1. The third-order valence-corrected chi connectivity index (χ3v) is 3.60. The molecule has 0 radical (unpaired) electrons. The molecule has 20 heavy (non-hydrogen) atoms. The van der Waals surface area contributed by atoms with Gasteiger partial charge in [-0.2, -0.15) is 0 Å². The summed E-state index contributed by atoms with van der Waals surface area (Å²) in [6, 6.07) is -0.564. The van der Waals surface area contributed by atoms with E-state index in [0.29, 0.717) is 13.2 Å². The molecule has 1 aliphatic carbocycles. The highest BCUT2D eigenvalue weighted by atomic mass is 19.3. The van der Waals surface area contributed by atoms with Crippen molar-refractivity contribution in [3.8, 4) is 0 Å². The van der Waals surface area contributed by atoms with Crippen LogP contribution in [0.4, 0.5) is 13.6 Å². The Morgan fingerprint density at radius 3 is 2.50 bits per heavy atom. The van der Waals surface area contributed by atoms with Gasteiger partial charge in [-0.25, -0.2) is 13.6 Å². The van der Waals surface area contributed by atoms with Gasteiger partial charge in [0.25, 0.3) is 5.92 Å². The zero-order valence-corrected chi connectivity index (χ0v) is 12.1. The van der Waals surface area contributed by atoms with Crippen molar-refractivity contribution in [1.29, 1.82) is 0 Å². The molecule has 2 N–H and O–H groups in total. The molecule has 0 spiro atoms. The number of nitrogens with two attached hydrogens (primary N) is 1. The lowest BCUT2D eigenvalue weighted by Gasteiger charge is -2.53. The molecule has 0 aromatic heterocycles. The highest BCUT2D eigenvalue weighted by Gasteiger charge is 2.60. The normalized spacial score (nSPS) is 28.7. The first kappa shape index (κ1) is 15.4. The minimum absolute atomic E-state index is 0.172. The zero-order chi connectivity index (χ0) is 15.2. The number of rotatable bonds is 1. The van der Waals surface area contributed by atoms with Crippen molar-refractivity contribution in [2.45, 2.75) is 56.7 Å². The second-order valence-corrected chi connectivity index (χ2v) is 6.71. The number of hydrogen-bond acceptors (Lipinski definition) is 4. The number of ether oxygens (including phenoxy) is 2. The molecule has 7 heteroatoms. The number of carbonyl (C=O) groups is 1. The van der Waals surface area contributed by atoms with Gasteiger partial charge in [-0.3, -0.25) is 4.90 Å². The SMILES string of the molecule is CC(C)(C)OC(=O)N1CCOCC1C1(N)CC(F)(F)C1. The Balaban J connectivity index is 2.08. The van der Waals surface area contributed by atoms with E-state index in [4.69, 9.17) is 15.2 Å². The molecule has 1 heterocycles. The second kappa shape index (κ2) is 4.80. The summed E-state index contributed by atoms with van der Waals surface area (Å²) in [5.41, 5.74) is 4.31. The van der Waals surface area contributed by atoms with Gasteiger partial charge in [0.15, 0.2) is 0 Å². The van der Waals surface area contributed by atoms with E-state index in [2.05, 4.69) is 0 Å². The standard InChI is InChI=1S/C13H22F2N2O3/c1-11(2,3)20-10(18)17-4-5-19-6-9(17)12(16)7-13(14,15)8-12/h9H,4-8,16H2,1-3H3. The van der Waals surface area contributed by atoms with Gasteiger partial charge in [0.1, 0.15) is 5.60 Å². The maximum atomic E-state index is 13.1. The first-order valence-electron chi connectivity index (χ1n) is 6.77. The van der Waals surface area contributed by atoms with Gasteiger partial charge in [0.05, 0.1) is 24.8 Å². The maximum absolute atomic E-state index is 13.1. The Morgan fingerprint density at radius 1 is 1.40 bits per heavy atom. The summed E-state index contributed by atoms with van der Waals surface area (Å²) in [5, 5.41) is 0. The number of alkyl halides is 2. The minimum atomic E-state index is -2.74. The van der Waals surface area contributed by atoms with Crippen LogP contribution >= 0.6 is 0 Å². The summed E-state index contributed by atoms with van der Waals surface area (Å²) in [4.78, 5) is 13.6. The molecule has 1 aliphatic heterocycles. The molecular formula is C13H22F2N2O3. The van der Waals surface area contributed by atoms with E-state index in [1.54, 1.807) is 20.8 Å². The predicted octanol–water partition coefficient (Wildman–Crippen LogP) is 1.75. The third-order valence-electron chi connectivity index (χ3n) is 3.60. The van der Waals surface area contributed by atoms with Crippen molar-refractivity contribution in [1.82, 2.24) is 4.90 Å². The van der Waals surface area contributed by atoms with Crippen LogP contribution in [0.1, 0.15) is 33.6 Å². The highest BCUT2D eigenvalue weighted by molar-refractivity contribution is 5.69. The molecule has 2 fully saturated rings. The van der Waals surface area contributed by atoms with Gasteiger partial charge in [-0.15, -0.1) is 0 Å². The fourth-order valence-corrected chi connectivity index (χ4v) is 2.77. The van der Waals surface area contributed by atoms with E-state index in [9.17, 15) is 13.6 Å². The summed E-state index contributed by atoms with van der Waals surface area (Å²) >= 11 is 0. The summed E-state index contributed by atoms with van der Waals surface area (Å²) in [5.74, 6) is -2.74. The van der Waals surface area contributed by atoms with Crippen molar-refractivity contribution >= 4 is 6.09 Å². The van der Waals surface area contributed by atoms with Gasteiger partial charge in [-0.1, -0.05) is 0 Å². The molecule has 1 atom stereocenters. The van der Waals surface area contributed by atoms with Crippen LogP contribution in [0.15, 0.2) is 0 Å². The lowest BCUT2D eigenvalue weighted by molar-refractivity contribution is -0.161. The van der Waals surface area contributed by atoms with Crippen LogP contribution in [-0.2, 0) is 9.47 Å².